The van der Waals surface area contributed by atoms with Crippen LogP contribution in [0.4, 0.5) is 5.69 Å². The highest BCUT2D eigenvalue weighted by Crippen LogP contribution is 2.31. The maximum absolute atomic E-state index is 12.9. The predicted octanol–water partition coefficient (Wildman–Crippen LogP) is 3.53. The highest BCUT2D eigenvalue weighted by molar-refractivity contribution is 7.92. The third kappa shape index (κ3) is 5.09. The molecule has 0 heterocycles. The smallest absolute Gasteiger partial charge is 0.262 e. The number of sulfonamides is 2. The second-order valence-corrected chi connectivity index (χ2v) is 10.2. The zero-order chi connectivity index (χ0) is 21.8. The molecule has 0 aromatic heterocycles. The molecule has 0 unspecified atom stereocenters. The van der Waals surface area contributed by atoms with Gasteiger partial charge in [0.2, 0.25) is 10.0 Å². The third-order valence-corrected chi connectivity index (χ3v) is 8.04. The molecule has 7 nitrogen and oxygen atoms in total. The molecule has 0 amide bonds. The predicted molar refractivity (Wildman–Crippen MR) is 114 cm³/mol. The minimum atomic E-state index is -3.93. The van der Waals surface area contributed by atoms with Crippen molar-refractivity contribution in [1.29, 1.82) is 0 Å². The van der Waals surface area contributed by atoms with Gasteiger partial charge in [0.15, 0.2) is 0 Å². The number of hydrogen-bond donors (Lipinski definition) is 1. The molecule has 0 atom stereocenters. The number of benzene rings is 2. The topological polar surface area (TPSA) is 92.8 Å². The van der Waals surface area contributed by atoms with Crippen molar-refractivity contribution in [3.05, 3.63) is 47.5 Å². The van der Waals surface area contributed by atoms with Crippen LogP contribution in [0.25, 0.3) is 0 Å². The average molecular weight is 441 g/mol. The van der Waals surface area contributed by atoms with Crippen LogP contribution in [0.2, 0.25) is 0 Å². The molecule has 9 heteroatoms. The summed E-state index contributed by atoms with van der Waals surface area (Å²) in [6, 6.07) is 9.02. The Hall–Kier alpha value is -2.10. The van der Waals surface area contributed by atoms with Crippen molar-refractivity contribution in [3.63, 3.8) is 0 Å². The number of nitrogens with zero attached hydrogens (tertiary/aromatic N) is 1. The van der Waals surface area contributed by atoms with E-state index in [-0.39, 0.29) is 21.2 Å². The van der Waals surface area contributed by atoms with Gasteiger partial charge in [-0.3, -0.25) is 4.72 Å². The number of ether oxygens (including phenoxy) is 1. The summed E-state index contributed by atoms with van der Waals surface area (Å²) in [7, 11) is -7.67. The zero-order valence-electron chi connectivity index (χ0n) is 17.4. The fourth-order valence-corrected chi connectivity index (χ4v) is 5.46. The molecular formula is C20H28N2O5S2. The molecule has 0 radical (unpaired) electrons. The van der Waals surface area contributed by atoms with E-state index in [2.05, 4.69) is 4.72 Å². The first-order valence-corrected chi connectivity index (χ1v) is 12.4. The Morgan fingerprint density at radius 2 is 1.48 bits per heavy atom. The van der Waals surface area contributed by atoms with Gasteiger partial charge < -0.3 is 4.74 Å². The van der Waals surface area contributed by atoms with E-state index in [4.69, 9.17) is 4.74 Å². The second-order valence-electron chi connectivity index (χ2n) is 6.53. The van der Waals surface area contributed by atoms with Crippen LogP contribution in [0.1, 0.15) is 31.9 Å². The van der Waals surface area contributed by atoms with E-state index < -0.39 is 20.0 Å². The lowest BCUT2D eigenvalue weighted by Crippen LogP contribution is -2.30. The summed E-state index contributed by atoms with van der Waals surface area (Å²) in [4.78, 5) is 0.0995. The first kappa shape index (κ1) is 23.2. The molecule has 29 heavy (non-hydrogen) atoms. The summed E-state index contributed by atoms with van der Waals surface area (Å²) < 4.78 is 60.8. The van der Waals surface area contributed by atoms with Crippen LogP contribution in [-0.4, -0.2) is 40.8 Å². The van der Waals surface area contributed by atoms with Crippen LogP contribution >= 0.6 is 0 Å². The van der Waals surface area contributed by atoms with Gasteiger partial charge in [-0.2, -0.15) is 4.31 Å². The van der Waals surface area contributed by atoms with Crippen LogP contribution in [0.3, 0.4) is 0 Å². The quantitative estimate of drug-likeness (QED) is 0.644. The lowest BCUT2D eigenvalue weighted by atomic mass is 10.1. The van der Waals surface area contributed by atoms with Gasteiger partial charge >= 0.3 is 0 Å². The van der Waals surface area contributed by atoms with Crippen molar-refractivity contribution < 1.29 is 21.6 Å². The van der Waals surface area contributed by atoms with Crippen LogP contribution in [-0.2, 0) is 20.0 Å². The van der Waals surface area contributed by atoms with Crippen molar-refractivity contribution >= 4 is 25.7 Å². The number of rotatable bonds is 9. The molecule has 0 aliphatic rings. The second kappa shape index (κ2) is 9.15. The van der Waals surface area contributed by atoms with Crippen LogP contribution < -0.4 is 9.46 Å². The molecule has 2 rings (SSSR count). The molecule has 0 aliphatic carbocycles. The first-order valence-electron chi connectivity index (χ1n) is 9.43. The number of aryl methyl sites for hydroxylation is 2. The maximum atomic E-state index is 12.9. The van der Waals surface area contributed by atoms with Crippen LogP contribution in [0.15, 0.2) is 46.2 Å². The molecule has 0 saturated heterocycles. The molecular weight excluding hydrogens is 412 g/mol. The maximum Gasteiger partial charge on any atom is 0.262 e. The minimum absolute atomic E-state index is 0.00226. The first-order chi connectivity index (χ1) is 13.6. The summed E-state index contributed by atoms with van der Waals surface area (Å²) >= 11 is 0. The van der Waals surface area contributed by atoms with Gasteiger partial charge in [0.05, 0.1) is 22.1 Å². The van der Waals surface area contributed by atoms with Crippen molar-refractivity contribution in [1.82, 2.24) is 4.31 Å². The summed E-state index contributed by atoms with van der Waals surface area (Å²) in [6.07, 6.45) is 0. The highest BCUT2D eigenvalue weighted by atomic mass is 32.2. The standard InChI is InChI=1S/C20H28N2O5S2/c1-6-22(7-2)29(25,26)18-11-12-20(27-8-3)19(14-18)21-28(23,24)17-10-9-15(4)16(5)13-17/h9-14,21H,6-8H2,1-5H3. The Balaban J connectivity index is 2.53. The lowest BCUT2D eigenvalue weighted by molar-refractivity contribution is 0.341. The van der Waals surface area contributed by atoms with E-state index in [1.165, 1.54) is 28.6 Å². The van der Waals surface area contributed by atoms with Gasteiger partial charge in [0.25, 0.3) is 10.0 Å². The van der Waals surface area contributed by atoms with Gasteiger partial charge in [0.1, 0.15) is 5.75 Å². The number of hydrogen-bond acceptors (Lipinski definition) is 5. The Bertz CT molecular complexity index is 1080. The Kier molecular flexibility index (Phi) is 7.31. The van der Waals surface area contributed by atoms with Gasteiger partial charge in [-0.1, -0.05) is 19.9 Å². The van der Waals surface area contributed by atoms with E-state index in [1.54, 1.807) is 32.9 Å². The van der Waals surface area contributed by atoms with E-state index in [0.717, 1.165) is 11.1 Å². The molecule has 0 fully saturated rings. The van der Waals surface area contributed by atoms with Gasteiger partial charge in [-0.25, -0.2) is 16.8 Å². The lowest BCUT2D eigenvalue weighted by Gasteiger charge is -2.20. The van der Waals surface area contributed by atoms with E-state index in [1.807, 2.05) is 13.8 Å². The molecule has 0 saturated carbocycles. The molecule has 1 N–H and O–H groups in total. The van der Waals surface area contributed by atoms with Crippen molar-refractivity contribution in [3.8, 4) is 5.75 Å². The average Bonchev–Trinajstić information content (AvgIpc) is 2.66. The molecule has 0 bridgehead atoms. The SMILES string of the molecule is CCOc1ccc(S(=O)(=O)N(CC)CC)cc1NS(=O)(=O)c1ccc(C)c(C)c1. The van der Waals surface area contributed by atoms with Crippen molar-refractivity contribution in [2.75, 3.05) is 24.4 Å². The van der Waals surface area contributed by atoms with Crippen molar-refractivity contribution in [2.45, 2.75) is 44.4 Å². The van der Waals surface area contributed by atoms with E-state index in [9.17, 15) is 16.8 Å². The molecule has 2 aromatic rings. The minimum Gasteiger partial charge on any atom is -0.492 e. The summed E-state index contributed by atoms with van der Waals surface area (Å²) in [5, 5.41) is 0. The van der Waals surface area contributed by atoms with Gasteiger partial charge in [-0.05, 0) is 62.2 Å². The summed E-state index contributed by atoms with van der Waals surface area (Å²) in [5.41, 5.74) is 1.90. The zero-order valence-corrected chi connectivity index (χ0v) is 19.0. The summed E-state index contributed by atoms with van der Waals surface area (Å²) in [5.74, 6) is 0.262. The van der Waals surface area contributed by atoms with Gasteiger partial charge in [0, 0.05) is 13.1 Å². The van der Waals surface area contributed by atoms with Crippen LogP contribution in [0, 0.1) is 13.8 Å². The van der Waals surface area contributed by atoms with Gasteiger partial charge in [-0.15, -0.1) is 0 Å². The Labute approximate surface area is 173 Å². The summed E-state index contributed by atoms with van der Waals surface area (Å²) in [6.45, 7) is 9.93. The Morgan fingerprint density at radius 3 is 2.03 bits per heavy atom. The van der Waals surface area contributed by atoms with E-state index >= 15 is 0 Å². The highest BCUT2D eigenvalue weighted by Gasteiger charge is 2.24. The number of nitrogens with one attached hydrogen (secondary N) is 1. The molecule has 0 spiro atoms. The third-order valence-electron chi connectivity index (χ3n) is 4.63. The normalized spacial score (nSPS) is 12.2. The largest absolute Gasteiger partial charge is 0.492 e. The fraction of sp³-hybridized carbons (Fsp3) is 0.400. The number of anilines is 1. The monoisotopic (exact) mass is 440 g/mol. The molecule has 0 aliphatic heterocycles. The molecule has 2 aromatic carbocycles. The van der Waals surface area contributed by atoms with E-state index in [0.29, 0.717) is 19.7 Å². The molecule has 160 valence electrons. The van der Waals surface area contributed by atoms with Crippen LogP contribution in [0.5, 0.6) is 5.75 Å². The van der Waals surface area contributed by atoms with Crippen molar-refractivity contribution in [2.24, 2.45) is 0 Å². The fourth-order valence-electron chi connectivity index (χ4n) is 2.83. The Morgan fingerprint density at radius 1 is 0.862 bits per heavy atom.